The fraction of sp³-hybridized carbons (Fsp3) is 0.467. The highest BCUT2D eigenvalue weighted by Crippen LogP contribution is 2.30. The molecule has 1 aromatic carbocycles. The van der Waals surface area contributed by atoms with E-state index in [1.165, 1.54) is 27.4 Å². The van der Waals surface area contributed by atoms with Gasteiger partial charge in [-0.3, -0.25) is 9.59 Å². The van der Waals surface area contributed by atoms with Gasteiger partial charge in [-0.2, -0.15) is 0 Å². The number of phenolic OH excluding ortho intramolecular Hbond substituents is 1. The van der Waals surface area contributed by atoms with Crippen molar-refractivity contribution in [3.63, 3.8) is 0 Å². The number of nitrogens with zero attached hydrogens (tertiary/aromatic N) is 1. The summed E-state index contributed by atoms with van der Waals surface area (Å²) in [6, 6.07) is 4.88. The first-order valence-corrected chi connectivity index (χ1v) is 6.77. The van der Waals surface area contributed by atoms with Crippen molar-refractivity contribution in [1.29, 1.82) is 0 Å². The predicted octanol–water partition coefficient (Wildman–Crippen LogP) is 1.33. The van der Waals surface area contributed by atoms with Crippen LogP contribution in [-0.4, -0.2) is 51.5 Å². The Morgan fingerprint density at radius 1 is 1.05 bits per heavy atom. The Labute approximate surface area is 129 Å². The lowest BCUT2D eigenvalue weighted by Crippen LogP contribution is -2.29. The van der Waals surface area contributed by atoms with Crippen LogP contribution in [0.5, 0.6) is 11.5 Å². The molecule has 0 saturated carbocycles. The standard InChI is InChI=1S/C15H21NO6/c1-20-13-5-4-11(10-12(13)17)16(8-6-14(18)21-2)9-7-15(19)22-3/h4-5,10,17H,6-9H2,1-3H3. The van der Waals surface area contributed by atoms with Gasteiger partial charge in [-0.05, 0) is 12.1 Å². The van der Waals surface area contributed by atoms with Gasteiger partial charge in [0.05, 0.1) is 34.2 Å². The van der Waals surface area contributed by atoms with E-state index in [4.69, 9.17) is 4.74 Å². The third-order valence-electron chi connectivity index (χ3n) is 3.15. The minimum Gasteiger partial charge on any atom is -0.504 e. The van der Waals surface area contributed by atoms with Crippen molar-refractivity contribution in [2.45, 2.75) is 12.8 Å². The smallest absolute Gasteiger partial charge is 0.307 e. The van der Waals surface area contributed by atoms with Gasteiger partial charge in [0.1, 0.15) is 0 Å². The Bertz CT molecular complexity index is 497. The lowest BCUT2D eigenvalue weighted by atomic mass is 10.2. The Morgan fingerprint density at radius 3 is 2.00 bits per heavy atom. The molecule has 0 aromatic heterocycles. The quantitative estimate of drug-likeness (QED) is 0.725. The highest BCUT2D eigenvalue weighted by Gasteiger charge is 2.14. The van der Waals surface area contributed by atoms with E-state index >= 15 is 0 Å². The van der Waals surface area contributed by atoms with E-state index in [-0.39, 0.29) is 30.5 Å². The number of aromatic hydroxyl groups is 1. The average molecular weight is 311 g/mol. The minimum absolute atomic E-state index is 0.0128. The number of rotatable bonds is 8. The summed E-state index contributed by atoms with van der Waals surface area (Å²) in [5, 5.41) is 9.85. The van der Waals surface area contributed by atoms with Gasteiger partial charge in [0.15, 0.2) is 11.5 Å². The molecule has 0 amide bonds. The third-order valence-corrected chi connectivity index (χ3v) is 3.15. The topological polar surface area (TPSA) is 85.3 Å². The van der Waals surface area contributed by atoms with Crippen LogP contribution in [0.1, 0.15) is 12.8 Å². The summed E-state index contributed by atoms with van der Waals surface area (Å²) >= 11 is 0. The third kappa shape index (κ3) is 5.16. The number of hydrogen-bond donors (Lipinski definition) is 1. The van der Waals surface area contributed by atoms with Crippen LogP contribution in [0.2, 0.25) is 0 Å². The van der Waals surface area contributed by atoms with Crippen molar-refractivity contribution >= 4 is 17.6 Å². The molecule has 0 fully saturated rings. The summed E-state index contributed by atoms with van der Waals surface area (Å²) in [7, 11) is 4.10. The van der Waals surface area contributed by atoms with Crippen LogP contribution >= 0.6 is 0 Å². The summed E-state index contributed by atoms with van der Waals surface area (Å²) < 4.78 is 14.2. The Morgan fingerprint density at radius 2 is 1.59 bits per heavy atom. The molecule has 0 spiro atoms. The molecule has 0 atom stereocenters. The van der Waals surface area contributed by atoms with E-state index in [2.05, 4.69) is 9.47 Å². The summed E-state index contributed by atoms with van der Waals surface area (Å²) in [5.41, 5.74) is 0.672. The van der Waals surface area contributed by atoms with Gasteiger partial charge in [-0.25, -0.2) is 0 Å². The Balaban J connectivity index is 2.85. The molecule has 0 heterocycles. The lowest BCUT2D eigenvalue weighted by molar-refractivity contribution is -0.140. The molecule has 0 aliphatic heterocycles. The van der Waals surface area contributed by atoms with E-state index in [1.807, 2.05) is 0 Å². The van der Waals surface area contributed by atoms with Crippen molar-refractivity contribution in [2.24, 2.45) is 0 Å². The van der Waals surface area contributed by atoms with Crippen molar-refractivity contribution in [2.75, 3.05) is 39.3 Å². The second-order valence-corrected chi connectivity index (χ2v) is 4.50. The molecule has 0 unspecified atom stereocenters. The number of hydrogen-bond acceptors (Lipinski definition) is 7. The van der Waals surface area contributed by atoms with Crippen LogP contribution < -0.4 is 9.64 Å². The summed E-state index contributed by atoms with van der Waals surface area (Å²) in [5.74, 6) is -0.354. The van der Waals surface area contributed by atoms with Crippen LogP contribution in [0.4, 0.5) is 5.69 Å². The minimum atomic E-state index is -0.346. The van der Waals surface area contributed by atoms with Gasteiger partial charge in [0.25, 0.3) is 0 Å². The monoisotopic (exact) mass is 311 g/mol. The normalized spacial score (nSPS) is 9.95. The van der Waals surface area contributed by atoms with Crippen LogP contribution in [0, 0.1) is 0 Å². The number of carbonyl (C=O) groups is 2. The second-order valence-electron chi connectivity index (χ2n) is 4.50. The molecule has 1 N–H and O–H groups in total. The van der Waals surface area contributed by atoms with Crippen LogP contribution in [0.25, 0.3) is 0 Å². The number of esters is 2. The molecule has 7 nitrogen and oxygen atoms in total. The maximum absolute atomic E-state index is 11.3. The molecule has 122 valence electrons. The number of methoxy groups -OCH3 is 3. The number of anilines is 1. The van der Waals surface area contributed by atoms with Gasteiger partial charge < -0.3 is 24.2 Å². The Hall–Kier alpha value is -2.44. The van der Waals surface area contributed by atoms with Crippen molar-refractivity contribution in [1.82, 2.24) is 0 Å². The first-order valence-electron chi connectivity index (χ1n) is 6.77. The summed E-state index contributed by atoms with van der Waals surface area (Å²) in [4.78, 5) is 24.4. The lowest BCUT2D eigenvalue weighted by Gasteiger charge is -2.24. The van der Waals surface area contributed by atoms with E-state index in [0.717, 1.165) is 0 Å². The van der Waals surface area contributed by atoms with E-state index in [9.17, 15) is 14.7 Å². The maximum atomic E-state index is 11.3. The summed E-state index contributed by atoms with van der Waals surface area (Å²) in [6.07, 6.45) is 0.342. The summed E-state index contributed by atoms with van der Waals surface area (Å²) in [6.45, 7) is 0.713. The van der Waals surface area contributed by atoms with Gasteiger partial charge in [0.2, 0.25) is 0 Å². The molecule has 0 aliphatic rings. The zero-order valence-electron chi connectivity index (χ0n) is 13.0. The number of phenols is 1. The fourth-order valence-corrected chi connectivity index (χ4v) is 1.90. The van der Waals surface area contributed by atoms with Crippen molar-refractivity contribution < 1.29 is 28.9 Å². The van der Waals surface area contributed by atoms with Gasteiger partial charge >= 0.3 is 11.9 Å². The van der Waals surface area contributed by atoms with Crippen molar-refractivity contribution in [3.05, 3.63) is 18.2 Å². The number of benzene rings is 1. The molecule has 0 radical (unpaired) electrons. The first-order chi connectivity index (χ1) is 10.5. The average Bonchev–Trinajstić information content (AvgIpc) is 2.54. The largest absolute Gasteiger partial charge is 0.504 e. The number of ether oxygens (including phenoxy) is 3. The molecule has 0 saturated heterocycles. The van der Waals surface area contributed by atoms with E-state index in [0.29, 0.717) is 24.5 Å². The molecular formula is C15H21NO6. The Kier molecular flexibility index (Phi) is 7.01. The van der Waals surface area contributed by atoms with Gasteiger partial charge in [-0.1, -0.05) is 0 Å². The zero-order chi connectivity index (χ0) is 16.5. The number of carbonyl (C=O) groups excluding carboxylic acids is 2. The van der Waals surface area contributed by atoms with Crippen LogP contribution in [-0.2, 0) is 19.1 Å². The molecule has 0 bridgehead atoms. The molecule has 22 heavy (non-hydrogen) atoms. The first kappa shape index (κ1) is 17.6. The van der Waals surface area contributed by atoms with Crippen LogP contribution in [0.3, 0.4) is 0 Å². The van der Waals surface area contributed by atoms with Gasteiger partial charge in [0, 0.05) is 24.8 Å². The van der Waals surface area contributed by atoms with E-state index < -0.39 is 0 Å². The molecule has 1 aromatic rings. The van der Waals surface area contributed by atoms with E-state index in [1.54, 1.807) is 17.0 Å². The highest BCUT2D eigenvalue weighted by molar-refractivity contribution is 5.71. The predicted molar refractivity (Wildman–Crippen MR) is 80.1 cm³/mol. The molecular weight excluding hydrogens is 290 g/mol. The molecule has 1 rings (SSSR count). The zero-order valence-corrected chi connectivity index (χ0v) is 13.0. The molecule has 7 heteroatoms. The molecule has 0 aliphatic carbocycles. The van der Waals surface area contributed by atoms with Crippen molar-refractivity contribution in [3.8, 4) is 11.5 Å². The second kappa shape index (κ2) is 8.76. The SMILES string of the molecule is COC(=O)CCN(CCC(=O)OC)c1ccc(OC)c(O)c1. The maximum Gasteiger partial charge on any atom is 0.307 e. The highest BCUT2D eigenvalue weighted by atomic mass is 16.5. The van der Waals surface area contributed by atoms with Crippen LogP contribution in [0.15, 0.2) is 18.2 Å². The fourth-order valence-electron chi connectivity index (χ4n) is 1.90. The van der Waals surface area contributed by atoms with Gasteiger partial charge in [-0.15, -0.1) is 0 Å².